The molecule has 1 saturated carbocycles. The highest BCUT2D eigenvalue weighted by atomic mass is 79.9. The van der Waals surface area contributed by atoms with Gasteiger partial charge in [0.1, 0.15) is 13.1 Å². The van der Waals surface area contributed by atoms with Gasteiger partial charge in [-0.15, -0.1) is 0 Å². The maximum Gasteiger partial charge on any atom is 0.500 e. The second-order valence-corrected chi connectivity index (χ2v) is 9.17. The molecule has 1 fully saturated rings. The molecule has 0 atom stereocenters. The van der Waals surface area contributed by atoms with Crippen molar-refractivity contribution in [3.05, 3.63) is 0 Å². The van der Waals surface area contributed by atoms with Crippen molar-refractivity contribution in [2.75, 3.05) is 41.0 Å². The van der Waals surface area contributed by atoms with Crippen LogP contribution in [0.15, 0.2) is 0 Å². The van der Waals surface area contributed by atoms with E-state index in [0.29, 0.717) is 0 Å². The van der Waals surface area contributed by atoms with Crippen LogP contribution in [0.2, 0.25) is 6.04 Å². The van der Waals surface area contributed by atoms with Crippen LogP contribution in [-0.2, 0) is 13.3 Å². The second kappa shape index (κ2) is 10.0. The number of nitrogens with zero attached hydrogens (tertiary/aromatic N) is 2. The summed E-state index contributed by atoms with van der Waals surface area (Å²) in [6.07, 6.45) is 10.4. The molecule has 0 radical (unpaired) electrons. The van der Waals surface area contributed by atoms with Crippen LogP contribution in [-0.4, -0.2) is 71.6 Å². The Morgan fingerprint density at radius 1 is 1.09 bits per heavy atom. The van der Waals surface area contributed by atoms with E-state index in [2.05, 4.69) is 15.8 Å². The molecule has 0 bridgehead atoms. The van der Waals surface area contributed by atoms with Gasteiger partial charge in [-0.1, -0.05) is 6.42 Å². The van der Waals surface area contributed by atoms with Gasteiger partial charge in [0.05, 0.1) is 12.6 Å². The summed E-state index contributed by atoms with van der Waals surface area (Å²) in [6, 6.07) is 1.67. The Morgan fingerprint density at radius 2 is 1.73 bits per heavy atom. The van der Waals surface area contributed by atoms with E-state index in [0.717, 1.165) is 31.6 Å². The second-order valence-electron chi connectivity index (χ2n) is 6.08. The molecular formula is C15H31BrN2O3Si. The maximum absolute atomic E-state index is 5.47. The lowest BCUT2D eigenvalue weighted by molar-refractivity contribution is -0.513. The molecule has 1 heterocycles. The van der Waals surface area contributed by atoms with E-state index in [-0.39, 0.29) is 17.0 Å². The minimum atomic E-state index is -2.39. The number of rotatable bonds is 8. The molecule has 0 aromatic rings. The van der Waals surface area contributed by atoms with Crippen molar-refractivity contribution in [1.82, 2.24) is 4.90 Å². The molecule has 1 aliphatic carbocycles. The SMILES string of the molecule is CO[Si](CCC[N+]1=CN(C2CCCCC2)CC1)(OC)OC.[Br-]. The van der Waals surface area contributed by atoms with Crippen molar-refractivity contribution in [3.8, 4) is 0 Å². The van der Waals surface area contributed by atoms with E-state index in [4.69, 9.17) is 13.3 Å². The molecule has 2 aliphatic rings. The zero-order valence-electron chi connectivity index (χ0n) is 14.2. The van der Waals surface area contributed by atoms with Crippen LogP contribution in [0.1, 0.15) is 38.5 Å². The first-order valence-electron chi connectivity index (χ1n) is 8.23. The monoisotopic (exact) mass is 394 g/mol. The van der Waals surface area contributed by atoms with Crippen molar-refractivity contribution < 1.29 is 34.8 Å². The Balaban J connectivity index is 0.00000242. The molecule has 0 saturated heterocycles. The summed E-state index contributed by atoms with van der Waals surface area (Å²) in [7, 11) is 2.67. The Labute approximate surface area is 146 Å². The first kappa shape index (κ1) is 20.1. The minimum absolute atomic E-state index is 0. The van der Waals surface area contributed by atoms with Crippen LogP contribution >= 0.6 is 0 Å². The predicted octanol–water partition coefficient (Wildman–Crippen LogP) is -1.05. The van der Waals surface area contributed by atoms with Gasteiger partial charge >= 0.3 is 8.80 Å². The molecule has 5 nitrogen and oxygen atoms in total. The van der Waals surface area contributed by atoms with Crippen molar-refractivity contribution in [3.63, 3.8) is 0 Å². The molecule has 0 spiro atoms. The number of hydrogen-bond acceptors (Lipinski definition) is 4. The van der Waals surface area contributed by atoms with Crippen molar-refractivity contribution >= 4 is 15.1 Å². The molecule has 0 amide bonds. The van der Waals surface area contributed by atoms with Crippen LogP contribution in [0.3, 0.4) is 0 Å². The third-order valence-electron chi connectivity index (χ3n) is 4.86. The highest BCUT2D eigenvalue weighted by Gasteiger charge is 2.37. The molecule has 0 N–H and O–H groups in total. The summed E-state index contributed by atoms with van der Waals surface area (Å²) in [4.78, 5) is 2.56. The highest BCUT2D eigenvalue weighted by molar-refractivity contribution is 6.60. The molecule has 130 valence electrons. The lowest BCUT2D eigenvalue weighted by atomic mass is 9.95. The Bertz CT molecular complexity index is 339. The first-order valence-corrected chi connectivity index (χ1v) is 10.2. The molecule has 22 heavy (non-hydrogen) atoms. The minimum Gasteiger partial charge on any atom is -1.00 e. The number of hydrogen-bond donors (Lipinski definition) is 0. The largest absolute Gasteiger partial charge is 1.00 e. The zero-order valence-corrected chi connectivity index (χ0v) is 16.8. The summed E-state index contributed by atoms with van der Waals surface area (Å²) < 4.78 is 18.9. The summed E-state index contributed by atoms with van der Waals surface area (Å²) in [5.74, 6) is 0. The highest BCUT2D eigenvalue weighted by Crippen LogP contribution is 2.22. The predicted molar refractivity (Wildman–Crippen MR) is 85.8 cm³/mol. The molecule has 2 rings (SSSR count). The zero-order chi connectivity index (χ0) is 15.1. The average Bonchev–Trinajstić information content (AvgIpc) is 3.02. The van der Waals surface area contributed by atoms with Gasteiger partial charge in [-0.05, 0) is 32.1 Å². The van der Waals surface area contributed by atoms with E-state index < -0.39 is 8.80 Å². The normalized spacial score (nSPS) is 20.0. The molecule has 0 unspecified atom stereocenters. The Hall–Kier alpha value is 0.0469. The van der Waals surface area contributed by atoms with Gasteiger partial charge in [-0.3, -0.25) is 9.48 Å². The Kier molecular flexibility index (Phi) is 9.16. The van der Waals surface area contributed by atoms with Crippen molar-refractivity contribution in [1.29, 1.82) is 0 Å². The molecule has 0 aromatic carbocycles. The molecule has 0 aromatic heterocycles. The van der Waals surface area contributed by atoms with Gasteiger partial charge in [0, 0.05) is 27.4 Å². The van der Waals surface area contributed by atoms with Crippen molar-refractivity contribution in [2.45, 2.75) is 50.6 Å². The fraction of sp³-hybridized carbons (Fsp3) is 0.933. The fourth-order valence-corrected chi connectivity index (χ4v) is 5.19. The van der Waals surface area contributed by atoms with Crippen LogP contribution in [0.25, 0.3) is 0 Å². The van der Waals surface area contributed by atoms with E-state index in [1.165, 1.54) is 38.6 Å². The van der Waals surface area contributed by atoms with Crippen LogP contribution in [0, 0.1) is 0 Å². The molecular weight excluding hydrogens is 364 g/mol. The fourth-order valence-electron chi connectivity index (χ4n) is 3.48. The topological polar surface area (TPSA) is 33.9 Å². The standard InChI is InChI=1S/C15H31N2O3Si.BrH/c1-18-21(19-2,20-3)13-7-10-16-11-12-17(14-16)15-8-5-4-6-9-15;/h14-15H,4-13H2,1-3H3;1H/q+1;/p-1. The van der Waals surface area contributed by atoms with Gasteiger partial charge in [0.15, 0.2) is 0 Å². The lowest BCUT2D eigenvalue weighted by Crippen LogP contribution is -3.00. The van der Waals surface area contributed by atoms with Crippen LogP contribution < -0.4 is 17.0 Å². The van der Waals surface area contributed by atoms with Gasteiger partial charge in [0.2, 0.25) is 6.34 Å². The molecule has 7 heteroatoms. The van der Waals surface area contributed by atoms with E-state index in [9.17, 15) is 0 Å². The summed E-state index contributed by atoms with van der Waals surface area (Å²) >= 11 is 0. The van der Waals surface area contributed by atoms with E-state index in [1.807, 2.05) is 0 Å². The smallest absolute Gasteiger partial charge is 0.500 e. The third-order valence-corrected chi connectivity index (χ3v) is 7.69. The van der Waals surface area contributed by atoms with Gasteiger partial charge in [-0.25, -0.2) is 0 Å². The summed E-state index contributed by atoms with van der Waals surface area (Å²) in [5, 5.41) is 0. The van der Waals surface area contributed by atoms with Crippen LogP contribution in [0.4, 0.5) is 0 Å². The summed E-state index contributed by atoms with van der Waals surface area (Å²) in [6.45, 7) is 3.40. The molecule has 1 aliphatic heterocycles. The number of halogens is 1. The van der Waals surface area contributed by atoms with Gasteiger partial charge in [0.25, 0.3) is 0 Å². The Morgan fingerprint density at radius 3 is 2.32 bits per heavy atom. The van der Waals surface area contributed by atoms with Gasteiger partial charge < -0.3 is 30.3 Å². The maximum atomic E-state index is 5.47. The third kappa shape index (κ3) is 5.30. The van der Waals surface area contributed by atoms with Gasteiger partial charge in [-0.2, -0.15) is 0 Å². The quantitative estimate of drug-likeness (QED) is 0.388. The average molecular weight is 395 g/mol. The lowest BCUT2D eigenvalue weighted by Gasteiger charge is -2.24. The first-order chi connectivity index (χ1) is 10.2. The van der Waals surface area contributed by atoms with Crippen molar-refractivity contribution in [2.24, 2.45) is 0 Å². The van der Waals surface area contributed by atoms with Crippen LogP contribution in [0.5, 0.6) is 0 Å². The van der Waals surface area contributed by atoms with E-state index in [1.54, 1.807) is 21.3 Å². The summed E-state index contributed by atoms with van der Waals surface area (Å²) in [5.41, 5.74) is 0. The van der Waals surface area contributed by atoms with E-state index >= 15 is 0 Å².